The van der Waals surface area contributed by atoms with Crippen LogP contribution in [0, 0.1) is 5.50 Å². The number of hydrogen-bond acceptors (Lipinski definition) is 3. The average Bonchev–Trinajstić information content (AvgIpc) is 2.05. The Morgan fingerprint density at radius 2 is 2.38 bits per heavy atom. The predicted octanol–water partition coefficient (Wildman–Crippen LogP) is -1.59. The van der Waals surface area contributed by atoms with Gasteiger partial charge >= 0.3 is 29.6 Å². The molecule has 13 heavy (non-hydrogen) atoms. The monoisotopic (exact) mass is 204 g/mol. The third-order valence-electron chi connectivity index (χ3n) is 2.11. The number of fused-ring (bicyclic) bond motifs is 1. The molecule has 1 saturated heterocycles. The molecule has 3 nitrogen and oxygen atoms in total. The molecule has 0 saturated carbocycles. The molecule has 0 amide bonds. The first-order chi connectivity index (χ1) is 5.75. The van der Waals surface area contributed by atoms with Gasteiger partial charge in [-0.3, -0.25) is 4.99 Å². The quantitative estimate of drug-likeness (QED) is 0.374. The van der Waals surface area contributed by atoms with Gasteiger partial charge in [-0.1, -0.05) is 0 Å². The van der Waals surface area contributed by atoms with Crippen LogP contribution in [-0.2, 0) is 0 Å². The van der Waals surface area contributed by atoms with Crippen LogP contribution in [0.25, 0.3) is 5.32 Å². The first-order valence-corrected chi connectivity index (χ1v) is 4.43. The van der Waals surface area contributed by atoms with Gasteiger partial charge in [0.15, 0.2) is 0 Å². The van der Waals surface area contributed by atoms with Crippen molar-refractivity contribution in [3.8, 4) is 0 Å². The molecule has 0 spiro atoms. The molecule has 2 aliphatic heterocycles. The first-order valence-electron chi connectivity index (χ1n) is 3.98. The summed E-state index contributed by atoms with van der Waals surface area (Å²) in [6.45, 7) is 2.04. The van der Waals surface area contributed by atoms with Crippen molar-refractivity contribution in [1.29, 1.82) is 0 Å². The summed E-state index contributed by atoms with van der Waals surface area (Å²) in [5, 5.41) is 4.05. The molecule has 1 fully saturated rings. The minimum atomic E-state index is 0. The summed E-state index contributed by atoms with van der Waals surface area (Å²) in [6.07, 6.45) is 2.89. The number of hydrogen-bond donors (Lipinski definition) is 1. The molecule has 5 heteroatoms. The first kappa shape index (κ1) is 11.6. The molecule has 2 aliphatic rings. The molecule has 0 aromatic rings. The van der Waals surface area contributed by atoms with Crippen LogP contribution in [0.3, 0.4) is 0 Å². The van der Waals surface area contributed by atoms with E-state index in [0.717, 1.165) is 25.2 Å². The number of likely N-dealkylation sites (N-methyl/N-ethyl adjacent to an activating group) is 1. The van der Waals surface area contributed by atoms with Gasteiger partial charge in [0.25, 0.3) is 0 Å². The van der Waals surface area contributed by atoms with Crippen LogP contribution in [0.15, 0.2) is 16.8 Å². The fraction of sp³-hybridized carbons (Fsp3) is 0.500. The van der Waals surface area contributed by atoms with Crippen molar-refractivity contribution in [3.05, 3.63) is 22.6 Å². The maximum absolute atomic E-state index is 4.27. The van der Waals surface area contributed by atoms with E-state index in [4.69, 9.17) is 0 Å². The zero-order valence-electron chi connectivity index (χ0n) is 7.99. The van der Waals surface area contributed by atoms with Crippen molar-refractivity contribution in [2.75, 3.05) is 20.1 Å². The summed E-state index contributed by atoms with van der Waals surface area (Å²) in [5.41, 5.74) is 2.98. The van der Waals surface area contributed by atoms with Crippen LogP contribution < -0.4 is 29.6 Å². The summed E-state index contributed by atoms with van der Waals surface area (Å²) in [4.78, 5) is 6.54. The SMILES string of the molecule is CN1CCC2=N[C](S)[N-]C=C2C1.[Na+]. The fourth-order valence-corrected chi connectivity index (χ4v) is 1.63. The Labute approximate surface area is 106 Å². The average molecular weight is 204 g/mol. The molecule has 0 aromatic heterocycles. The van der Waals surface area contributed by atoms with Gasteiger partial charge in [-0.05, 0) is 12.6 Å². The molecule has 0 atom stereocenters. The molecule has 0 unspecified atom stereocenters. The molecule has 0 bridgehead atoms. The topological polar surface area (TPSA) is 29.7 Å². The van der Waals surface area contributed by atoms with E-state index in [2.05, 4.69) is 34.9 Å². The fourth-order valence-electron chi connectivity index (χ4n) is 1.45. The van der Waals surface area contributed by atoms with Gasteiger partial charge in [-0.2, -0.15) is 18.8 Å². The maximum Gasteiger partial charge on any atom is 1.00 e. The Morgan fingerprint density at radius 1 is 1.62 bits per heavy atom. The van der Waals surface area contributed by atoms with E-state index in [1.165, 1.54) is 5.57 Å². The van der Waals surface area contributed by atoms with Crippen LogP contribution in [0.1, 0.15) is 6.42 Å². The number of nitrogens with zero attached hydrogens (tertiary/aromatic N) is 3. The van der Waals surface area contributed by atoms with E-state index in [1.54, 1.807) is 0 Å². The van der Waals surface area contributed by atoms with E-state index in [1.807, 2.05) is 6.20 Å². The number of aliphatic imine (C=N–C) groups is 1. The van der Waals surface area contributed by atoms with Gasteiger partial charge in [-0.25, -0.2) is 0 Å². The zero-order valence-corrected chi connectivity index (χ0v) is 10.9. The number of thiol groups is 1. The Morgan fingerprint density at radius 3 is 3.15 bits per heavy atom. The maximum atomic E-state index is 4.27. The zero-order chi connectivity index (χ0) is 8.55. The molecule has 65 valence electrons. The van der Waals surface area contributed by atoms with E-state index in [9.17, 15) is 0 Å². The third-order valence-corrected chi connectivity index (χ3v) is 2.33. The molecule has 0 aromatic carbocycles. The van der Waals surface area contributed by atoms with E-state index >= 15 is 0 Å². The second-order valence-electron chi connectivity index (χ2n) is 3.13. The molecule has 0 aliphatic carbocycles. The predicted molar refractivity (Wildman–Crippen MR) is 53.2 cm³/mol. The smallest absolute Gasteiger partial charge is 0.657 e. The minimum absolute atomic E-state index is 0. The summed E-state index contributed by atoms with van der Waals surface area (Å²) in [6, 6.07) is 0. The van der Waals surface area contributed by atoms with Gasteiger partial charge in [0.05, 0.1) is 5.50 Å². The Bertz CT molecular complexity index is 252. The molecule has 1 radical (unpaired) electrons. The third kappa shape index (κ3) is 2.73. The standard InChI is InChI=1S/C8H11N3S.Na/c1-11-3-2-7-6(5-11)4-9-8(12)10-7;/h4H,2-3,5H2,1H3,(H-,9,10,12);/q-1;+1. The Kier molecular flexibility index (Phi) is 4.32. The van der Waals surface area contributed by atoms with Crippen LogP contribution in [-0.4, -0.2) is 30.7 Å². The Balaban J connectivity index is 0.000000845. The molecular weight excluding hydrogens is 193 g/mol. The van der Waals surface area contributed by atoms with E-state index in [-0.39, 0.29) is 29.6 Å². The summed E-state index contributed by atoms with van der Waals surface area (Å²) >= 11 is 4.10. The van der Waals surface area contributed by atoms with Crippen molar-refractivity contribution in [3.63, 3.8) is 0 Å². The van der Waals surface area contributed by atoms with Gasteiger partial charge in [0, 0.05) is 25.2 Å². The van der Waals surface area contributed by atoms with Gasteiger partial charge in [-0.15, -0.1) is 0 Å². The largest absolute Gasteiger partial charge is 1.00 e. The normalized spacial score (nSPS) is 23.5. The Hall–Kier alpha value is 0.520. The van der Waals surface area contributed by atoms with Crippen LogP contribution in [0.2, 0.25) is 0 Å². The van der Waals surface area contributed by atoms with Crippen molar-refractivity contribution in [2.24, 2.45) is 4.99 Å². The molecule has 2 rings (SSSR count). The van der Waals surface area contributed by atoms with Gasteiger partial charge < -0.3 is 10.2 Å². The van der Waals surface area contributed by atoms with Crippen LogP contribution in [0.4, 0.5) is 0 Å². The van der Waals surface area contributed by atoms with Crippen molar-refractivity contribution in [2.45, 2.75) is 6.42 Å². The van der Waals surface area contributed by atoms with Gasteiger partial charge in [0.2, 0.25) is 0 Å². The summed E-state index contributed by atoms with van der Waals surface area (Å²) in [7, 11) is 2.11. The van der Waals surface area contributed by atoms with Crippen molar-refractivity contribution < 1.29 is 29.6 Å². The molecule has 0 N–H and O–H groups in total. The second-order valence-corrected chi connectivity index (χ2v) is 3.53. The van der Waals surface area contributed by atoms with Crippen LogP contribution in [0.5, 0.6) is 0 Å². The number of rotatable bonds is 0. The second kappa shape index (κ2) is 4.84. The summed E-state index contributed by atoms with van der Waals surface area (Å²) in [5.74, 6) is 0. The minimum Gasteiger partial charge on any atom is -0.657 e. The number of piperidine rings is 1. The van der Waals surface area contributed by atoms with E-state index < -0.39 is 0 Å². The van der Waals surface area contributed by atoms with Crippen molar-refractivity contribution in [1.82, 2.24) is 4.90 Å². The summed E-state index contributed by atoms with van der Waals surface area (Å²) < 4.78 is 0. The van der Waals surface area contributed by atoms with E-state index in [0.29, 0.717) is 5.50 Å². The molecular formula is C8H11N3NaS. The number of likely N-dealkylation sites (tertiary alicyclic amines) is 1. The van der Waals surface area contributed by atoms with Gasteiger partial charge in [0.1, 0.15) is 0 Å². The molecule has 2 heterocycles. The van der Waals surface area contributed by atoms with Crippen LogP contribution >= 0.6 is 12.6 Å². The van der Waals surface area contributed by atoms with Crippen molar-refractivity contribution >= 4 is 18.3 Å².